The molecule has 1 saturated heterocycles. The van der Waals surface area contributed by atoms with Crippen LogP contribution in [0.5, 0.6) is 0 Å². The second kappa shape index (κ2) is 6.85. The molecule has 3 N–H and O–H groups in total. The van der Waals surface area contributed by atoms with Crippen molar-refractivity contribution < 1.29 is 4.79 Å². The molecule has 0 aromatic heterocycles. The maximum atomic E-state index is 12.4. The van der Waals surface area contributed by atoms with Crippen LogP contribution in [0.15, 0.2) is 24.3 Å². The first-order valence-electron chi connectivity index (χ1n) is 8.57. The molecule has 3 rings (SSSR count). The lowest BCUT2D eigenvalue weighted by Gasteiger charge is -2.22. The molecular formula is C19H27N3O. The summed E-state index contributed by atoms with van der Waals surface area (Å²) in [7, 11) is 1.97. The van der Waals surface area contributed by atoms with Crippen molar-refractivity contribution in [1.29, 1.82) is 0 Å². The van der Waals surface area contributed by atoms with Crippen LogP contribution in [0.25, 0.3) is 6.08 Å². The van der Waals surface area contributed by atoms with E-state index in [0.29, 0.717) is 0 Å². The zero-order valence-electron chi connectivity index (χ0n) is 14.1. The summed E-state index contributed by atoms with van der Waals surface area (Å²) >= 11 is 0. The first kappa shape index (κ1) is 16.2. The fraction of sp³-hybridized carbons (Fsp3) is 0.526. The molecule has 0 saturated carbocycles. The van der Waals surface area contributed by atoms with Gasteiger partial charge in [0, 0.05) is 18.6 Å². The molecular weight excluding hydrogens is 286 g/mol. The Morgan fingerprint density at radius 3 is 3.04 bits per heavy atom. The second-order valence-corrected chi connectivity index (χ2v) is 7.04. The van der Waals surface area contributed by atoms with Crippen molar-refractivity contribution in [3.8, 4) is 0 Å². The highest BCUT2D eigenvalue weighted by atomic mass is 16.2. The molecule has 1 heterocycles. The number of carbonyl (C=O) groups is 1. The minimum absolute atomic E-state index is 0.0843. The van der Waals surface area contributed by atoms with E-state index in [1.54, 1.807) is 0 Å². The maximum absolute atomic E-state index is 12.4. The van der Waals surface area contributed by atoms with Crippen LogP contribution in [-0.2, 0) is 17.6 Å². The summed E-state index contributed by atoms with van der Waals surface area (Å²) in [5.41, 5.74) is 9.97. The highest BCUT2D eigenvalue weighted by molar-refractivity contribution is 5.82. The fourth-order valence-electron chi connectivity index (χ4n) is 3.69. The molecule has 0 radical (unpaired) electrons. The van der Waals surface area contributed by atoms with Gasteiger partial charge in [-0.3, -0.25) is 9.69 Å². The highest BCUT2D eigenvalue weighted by Gasteiger charge is 2.32. The zero-order chi connectivity index (χ0) is 16.4. The summed E-state index contributed by atoms with van der Waals surface area (Å²) in [6, 6.07) is 6.83. The predicted molar refractivity (Wildman–Crippen MR) is 94.1 cm³/mol. The van der Waals surface area contributed by atoms with Gasteiger partial charge in [-0.2, -0.15) is 0 Å². The van der Waals surface area contributed by atoms with E-state index >= 15 is 0 Å². The van der Waals surface area contributed by atoms with Crippen molar-refractivity contribution in [2.24, 2.45) is 5.73 Å². The van der Waals surface area contributed by atoms with E-state index in [4.69, 9.17) is 5.73 Å². The van der Waals surface area contributed by atoms with Crippen LogP contribution >= 0.6 is 0 Å². The van der Waals surface area contributed by atoms with Gasteiger partial charge in [0.1, 0.15) is 0 Å². The Morgan fingerprint density at radius 1 is 1.48 bits per heavy atom. The average Bonchev–Trinajstić information content (AvgIpc) is 2.85. The summed E-state index contributed by atoms with van der Waals surface area (Å²) < 4.78 is 0. The van der Waals surface area contributed by atoms with Gasteiger partial charge in [0.05, 0.1) is 6.04 Å². The molecule has 23 heavy (non-hydrogen) atoms. The number of hydrogen-bond acceptors (Lipinski definition) is 3. The van der Waals surface area contributed by atoms with E-state index in [-0.39, 0.29) is 24.0 Å². The number of nitrogens with zero attached hydrogens (tertiary/aromatic N) is 1. The number of amides is 1. The molecule has 1 aromatic carbocycles. The quantitative estimate of drug-likeness (QED) is 0.890. The number of fused-ring (bicyclic) bond motifs is 1. The lowest BCUT2D eigenvalue weighted by molar-refractivity contribution is -0.125. The Hall–Kier alpha value is -1.65. The summed E-state index contributed by atoms with van der Waals surface area (Å²) in [5, 5.41) is 3.15. The van der Waals surface area contributed by atoms with Crippen LogP contribution in [0.4, 0.5) is 0 Å². The molecule has 3 unspecified atom stereocenters. The van der Waals surface area contributed by atoms with Crippen molar-refractivity contribution in [3.63, 3.8) is 0 Å². The first-order chi connectivity index (χ1) is 11.0. The Morgan fingerprint density at radius 2 is 2.30 bits per heavy atom. The smallest absolute Gasteiger partial charge is 0.237 e. The standard InChI is InChI=1S/C19H27N3O/c1-13(21-19(23)18-11-17(20)12-22(18)2)9-14-7-8-15-5-3-4-6-16(15)10-14/h4,6-8,10,13,17-18H,3,5,9,11-12,20H2,1-2H3,(H,21,23). The monoisotopic (exact) mass is 313 g/mol. The SMILES string of the molecule is CC(Cc1ccc2c(c1)C=CCC2)NC(=O)C1CC(N)CN1C. The number of allylic oxidation sites excluding steroid dienone is 1. The molecule has 2 aliphatic rings. The van der Waals surface area contributed by atoms with Crippen LogP contribution in [0.3, 0.4) is 0 Å². The van der Waals surface area contributed by atoms with Crippen molar-refractivity contribution in [2.45, 2.75) is 50.7 Å². The Kier molecular flexibility index (Phi) is 4.83. The van der Waals surface area contributed by atoms with E-state index in [1.165, 1.54) is 16.7 Å². The molecule has 4 nitrogen and oxygen atoms in total. The van der Waals surface area contributed by atoms with Gasteiger partial charge in [-0.25, -0.2) is 0 Å². The Balaban J connectivity index is 1.58. The second-order valence-electron chi connectivity index (χ2n) is 7.04. The molecule has 3 atom stereocenters. The predicted octanol–water partition coefficient (Wildman–Crippen LogP) is 1.72. The van der Waals surface area contributed by atoms with E-state index in [0.717, 1.165) is 32.2 Å². The molecule has 0 spiro atoms. The number of hydrogen-bond donors (Lipinski definition) is 2. The number of likely N-dealkylation sites (N-methyl/N-ethyl adjacent to an activating group) is 1. The van der Waals surface area contributed by atoms with E-state index in [2.05, 4.69) is 47.5 Å². The molecule has 1 fully saturated rings. The number of rotatable bonds is 4. The fourth-order valence-corrected chi connectivity index (χ4v) is 3.69. The van der Waals surface area contributed by atoms with Crippen molar-refractivity contribution in [3.05, 3.63) is 41.0 Å². The number of carbonyl (C=O) groups excluding carboxylic acids is 1. The summed E-state index contributed by atoms with van der Waals surface area (Å²) in [6.07, 6.45) is 8.31. The lowest BCUT2D eigenvalue weighted by Crippen LogP contribution is -2.45. The maximum Gasteiger partial charge on any atom is 0.237 e. The van der Waals surface area contributed by atoms with E-state index < -0.39 is 0 Å². The van der Waals surface area contributed by atoms with Crippen LogP contribution in [0, 0.1) is 0 Å². The highest BCUT2D eigenvalue weighted by Crippen LogP contribution is 2.21. The van der Waals surface area contributed by atoms with Crippen molar-refractivity contribution in [1.82, 2.24) is 10.2 Å². The van der Waals surface area contributed by atoms with Gasteiger partial charge in [-0.15, -0.1) is 0 Å². The third kappa shape index (κ3) is 3.82. The number of aryl methyl sites for hydroxylation is 1. The zero-order valence-corrected chi connectivity index (χ0v) is 14.1. The molecule has 4 heteroatoms. The van der Waals surface area contributed by atoms with Crippen LogP contribution in [0.2, 0.25) is 0 Å². The summed E-state index contributed by atoms with van der Waals surface area (Å²) in [5.74, 6) is 0.103. The van der Waals surface area contributed by atoms with Gasteiger partial charge >= 0.3 is 0 Å². The van der Waals surface area contributed by atoms with Gasteiger partial charge in [-0.1, -0.05) is 30.4 Å². The third-order valence-electron chi connectivity index (χ3n) is 4.90. The minimum atomic E-state index is -0.0843. The minimum Gasteiger partial charge on any atom is -0.352 e. The summed E-state index contributed by atoms with van der Waals surface area (Å²) in [6.45, 7) is 2.87. The lowest BCUT2D eigenvalue weighted by atomic mass is 9.94. The molecule has 0 bridgehead atoms. The molecule has 124 valence electrons. The molecule has 1 aromatic rings. The van der Waals surface area contributed by atoms with E-state index in [1.807, 2.05) is 7.05 Å². The average molecular weight is 313 g/mol. The summed E-state index contributed by atoms with van der Waals surface area (Å²) in [4.78, 5) is 14.5. The number of nitrogens with one attached hydrogen (secondary N) is 1. The van der Waals surface area contributed by atoms with Gasteiger partial charge in [0.2, 0.25) is 5.91 Å². The van der Waals surface area contributed by atoms with Crippen molar-refractivity contribution in [2.75, 3.05) is 13.6 Å². The van der Waals surface area contributed by atoms with Gasteiger partial charge in [0.15, 0.2) is 0 Å². The van der Waals surface area contributed by atoms with Crippen LogP contribution < -0.4 is 11.1 Å². The molecule has 1 aliphatic heterocycles. The first-order valence-corrected chi connectivity index (χ1v) is 8.57. The number of likely N-dealkylation sites (tertiary alicyclic amines) is 1. The third-order valence-corrected chi connectivity index (χ3v) is 4.90. The van der Waals surface area contributed by atoms with E-state index in [9.17, 15) is 4.79 Å². The number of nitrogens with two attached hydrogens (primary N) is 1. The van der Waals surface area contributed by atoms with Crippen molar-refractivity contribution >= 4 is 12.0 Å². The van der Waals surface area contributed by atoms with Gasteiger partial charge in [0.25, 0.3) is 0 Å². The van der Waals surface area contributed by atoms with Crippen LogP contribution in [0.1, 0.15) is 36.5 Å². The van der Waals surface area contributed by atoms with Crippen LogP contribution in [-0.4, -0.2) is 42.5 Å². The topological polar surface area (TPSA) is 58.4 Å². The largest absolute Gasteiger partial charge is 0.352 e. The molecule has 1 amide bonds. The molecule has 1 aliphatic carbocycles. The Bertz CT molecular complexity index is 611. The number of benzene rings is 1. The van der Waals surface area contributed by atoms with Gasteiger partial charge in [-0.05, 0) is 56.3 Å². The normalized spacial score (nSPS) is 25.2. The van der Waals surface area contributed by atoms with Gasteiger partial charge < -0.3 is 11.1 Å². The Labute approximate surface area is 138 Å².